The van der Waals surface area contributed by atoms with Crippen molar-refractivity contribution in [2.45, 2.75) is 150 Å². The first-order chi connectivity index (χ1) is 23.9. The van der Waals surface area contributed by atoms with Gasteiger partial charge in [-0.05, 0) is 110 Å². The Morgan fingerprint density at radius 3 is 1.64 bits per heavy atom. The maximum atomic E-state index is 4.93. The number of hydrogen-bond donors (Lipinski definition) is 0. The summed E-state index contributed by atoms with van der Waals surface area (Å²) in [5.41, 5.74) is 0.622. The van der Waals surface area contributed by atoms with Crippen LogP contribution in [0.1, 0.15) is 150 Å². The van der Waals surface area contributed by atoms with Gasteiger partial charge in [0, 0.05) is 0 Å². The Morgan fingerprint density at radius 2 is 1.13 bits per heavy atom. The van der Waals surface area contributed by atoms with Gasteiger partial charge in [-0.2, -0.15) is 0 Å². The average Bonchev–Trinajstić information content (AvgIpc) is 3.96. The molecule has 0 aromatic rings. The average molecular weight is 971 g/mol. The van der Waals surface area contributed by atoms with Crippen LogP contribution in [0.25, 0.3) is 0 Å². The molecule has 0 saturated heterocycles. The SMILES string of the molecule is C=CCC1CCC2C=CC=CC21.CCCC1CC(C(CC)(CC)C2CCCC2)C2C=CC=CC12.CCCCC1CCCC1.[CH3-].[CH3-].[CH3-].[CH3-].[Cl][Zr+2][Cl].[Cl][Zr+2][Cl]. The molecule has 0 N–H and O–H groups in total. The molecule has 6 heteroatoms. The van der Waals surface area contributed by atoms with E-state index in [1.54, 1.807) is 0 Å². The Hall–Kier alpha value is 1.63. The molecule has 0 amide bonds. The zero-order valence-electron chi connectivity index (χ0n) is 35.5. The van der Waals surface area contributed by atoms with Crippen molar-refractivity contribution in [1.82, 2.24) is 0 Å². The Morgan fingerprint density at radius 1 is 0.623 bits per heavy atom. The molecule has 0 aromatic carbocycles. The number of fused-ring (bicyclic) bond motifs is 2. The molecular formula is C47H82Cl4Zr2. The van der Waals surface area contributed by atoms with Gasteiger partial charge < -0.3 is 29.7 Å². The Balaban J connectivity index is -0.000000688. The summed E-state index contributed by atoms with van der Waals surface area (Å²) >= 11 is -1.65. The summed E-state index contributed by atoms with van der Waals surface area (Å²) in [6.07, 6.45) is 48.5. The van der Waals surface area contributed by atoms with Crippen LogP contribution in [0.2, 0.25) is 0 Å². The number of allylic oxidation sites excluding steroid dienone is 9. The molecule has 0 radical (unpaired) electrons. The van der Waals surface area contributed by atoms with Gasteiger partial charge in [-0.3, -0.25) is 0 Å². The van der Waals surface area contributed by atoms with E-state index in [1.165, 1.54) is 122 Å². The molecule has 7 atom stereocenters. The number of hydrogen-bond acceptors (Lipinski definition) is 0. The van der Waals surface area contributed by atoms with Crippen LogP contribution in [-0.2, 0) is 41.7 Å². The third-order valence-electron chi connectivity index (χ3n) is 13.3. The van der Waals surface area contributed by atoms with E-state index in [0.29, 0.717) is 5.41 Å². The molecule has 0 aromatic heterocycles. The van der Waals surface area contributed by atoms with Crippen molar-refractivity contribution in [3.05, 3.63) is 91.0 Å². The second-order valence-corrected chi connectivity index (χ2v) is 23.0. The van der Waals surface area contributed by atoms with Crippen LogP contribution in [0.5, 0.6) is 0 Å². The number of halogens is 4. The van der Waals surface area contributed by atoms with Gasteiger partial charge in [0.15, 0.2) is 0 Å². The molecule has 0 spiro atoms. The van der Waals surface area contributed by atoms with Crippen molar-refractivity contribution in [3.63, 3.8) is 0 Å². The van der Waals surface area contributed by atoms with E-state index in [9.17, 15) is 0 Å². The van der Waals surface area contributed by atoms with Gasteiger partial charge in [0.2, 0.25) is 0 Å². The molecule has 6 aliphatic carbocycles. The summed E-state index contributed by atoms with van der Waals surface area (Å²) in [5, 5.41) is 0. The standard InChI is InChI=1S/C22H36.C12H16.C9H18.4CH3.4ClH.2Zr/c1-4-11-17-16-21(20-15-10-9-14-19(17)20)22(5-2,6-3)18-12-7-8-13-18;1-2-5-10-8-9-11-6-3-4-7-12(10)11;1-2-3-6-9-7-4-5-8-9;;;;;;;;;;/h9-10,14-15,17-21H,4-8,11-13,16H2,1-3H3;2-4,6-7,10-12H,1,5,8-9H2;9H,2-8H2,1H3;4*1H3;4*1H;;/q;;;4*-1;;;;;2*+4/p-4. The Labute approximate surface area is 371 Å². The third-order valence-corrected chi connectivity index (χ3v) is 13.3. The van der Waals surface area contributed by atoms with E-state index in [0.717, 1.165) is 53.3 Å². The van der Waals surface area contributed by atoms with Gasteiger partial charge in [0.25, 0.3) is 0 Å². The van der Waals surface area contributed by atoms with E-state index in [-0.39, 0.29) is 29.7 Å². The van der Waals surface area contributed by atoms with Crippen LogP contribution in [0.15, 0.2) is 61.3 Å². The third kappa shape index (κ3) is 19.0. The van der Waals surface area contributed by atoms with Gasteiger partial charge in [0.1, 0.15) is 0 Å². The van der Waals surface area contributed by atoms with Gasteiger partial charge >= 0.3 is 75.7 Å². The molecule has 0 aliphatic heterocycles. The van der Waals surface area contributed by atoms with Gasteiger partial charge in [-0.25, -0.2) is 0 Å². The monoisotopic (exact) mass is 966 g/mol. The first-order valence-electron chi connectivity index (χ1n) is 20.2. The molecular weight excluding hydrogens is 889 g/mol. The molecule has 306 valence electrons. The van der Waals surface area contributed by atoms with Crippen LogP contribution < -0.4 is 0 Å². The first-order valence-corrected chi connectivity index (χ1v) is 32.8. The van der Waals surface area contributed by atoms with E-state index < -0.39 is 41.7 Å². The number of unbranched alkanes of at least 4 members (excludes halogenated alkanes) is 1. The minimum absolute atomic E-state index is 0. The molecule has 6 rings (SSSR count). The van der Waals surface area contributed by atoms with Crippen molar-refractivity contribution in [1.29, 1.82) is 0 Å². The molecule has 0 heterocycles. The zero-order valence-corrected chi connectivity index (χ0v) is 43.5. The Bertz CT molecular complexity index is 960. The molecule has 0 bridgehead atoms. The summed E-state index contributed by atoms with van der Waals surface area (Å²) in [7, 11) is 19.7. The molecule has 0 nitrogen and oxygen atoms in total. The van der Waals surface area contributed by atoms with Crippen LogP contribution >= 0.6 is 34.1 Å². The normalized spacial score (nSPS) is 27.2. The molecule has 53 heavy (non-hydrogen) atoms. The predicted molar refractivity (Wildman–Crippen MR) is 240 cm³/mol. The van der Waals surface area contributed by atoms with Crippen molar-refractivity contribution in [2.75, 3.05) is 0 Å². The minimum atomic E-state index is -0.826. The quantitative estimate of drug-likeness (QED) is 0.143. The van der Waals surface area contributed by atoms with E-state index in [4.69, 9.17) is 34.1 Å². The molecule has 4 fully saturated rings. The van der Waals surface area contributed by atoms with E-state index >= 15 is 0 Å². The molecule has 6 aliphatic rings. The van der Waals surface area contributed by atoms with Crippen molar-refractivity contribution < 1.29 is 41.7 Å². The number of rotatable bonds is 11. The summed E-state index contributed by atoms with van der Waals surface area (Å²) in [6.45, 7) is 13.5. The summed E-state index contributed by atoms with van der Waals surface area (Å²) in [4.78, 5) is 0. The van der Waals surface area contributed by atoms with Crippen LogP contribution in [0.4, 0.5) is 0 Å². The predicted octanol–water partition coefficient (Wildman–Crippen LogP) is 18.0. The Kier molecular flexibility index (Phi) is 39.5. The van der Waals surface area contributed by atoms with Crippen molar-refractivity contribution >= 4 is 34.1 Å². The van der Waals surface area contributed by atoms with Gasteiger partial charge in [-0.1, -0.05) is 153 Å². The second kappa shape index (κ2) is 35.6. The van der Waals surface area contributed by atoms with Crippen molar-refractivity contribution in [3.8, 4) is 0 Å². The summed E-state index contributed by atoms with van der Waals surface area (Å²) in [5.74, 6) is 8.20. The fourth-order valence-corrected chi connectivity index (χ4v) is 11.0. The summed E-state index contributed by atoms with van der Waals surface area (Å²) < 4.78 is 0. The van der Waals surface area contributed by atoms with Crippen LogP contribution in [0, 0.1) is 88.4 Å². The molecule has 4 saturated carbocycles. The topological polar surface area (TPSA) is 0 Å². The molecule has 7 unspecified atom stereocenters. The fourth-order valence-electron chi connectivity index (χ4n) is 11.0. The maximum absolute atomic E-state index is 4.93. The second-order valence-electron chi connectivity index (χ2n) is 15.5. The van der Waals surface area contributed by atoms with Crippen LogP contribution in [-0.4, -0.2) is 0 Å². The van der Waals surface area contributed by atoms with Crippen LogP contribution in [0.3, 0.4) is 0 Å². The van der Waals surface area contributed by atoms with E-state index in [2.05, 4.69) is 89.0 Å². The fraction of sp³-hybridized carbons (Fsp3) is 0.702. The van der Waals surface area contributed by atoms with Crippen molar-refractivity contribution in [2.24, 2.45) is 58.7 Å². The zero-order chi connectivity index (χ0) is 35.9. The van der Waals surface area contributed by atoms with Gasteiger partial charge in [-0.15, -0.1) is 6.58 Å². The summed E-state index contributed by atoms with van der Waals surface area (Å²) in [6, 6.07) is 0. The van der Waals surface area contributed by atoms with Gasteiger partial charge in [0.05, 0.1) is 0 Å². The van der Waals surface area contributed by atoms with E-state index in [1.807, 2.05) is 0 Å². The first kappa shape index (κ1) is 58.9.